The molecule has 0 spiro atoms. The van der Waals surface area contributed by atoms with Gasteiger partial charge in [-0.2, -0.15) is 0 Å². The Hall–Kier alpha value is -1.40. The zero-order chi connectivity index (χ0) is 15.1. The summed E-state index contributed by atoms with van der Waals surface area (Å²) in [5.41, 5.74) is 2.94. The number of rotatable bonds is 7. The lowest BCUT2D eigenvalue weighted by Crippen LogP contribution is -2.34. The van der Waals surface area contributed by atoms with Crippen molar-refractivity contribution in [3.63, 3.8) is 0 Å². The quantitative estimate of drug-likeness (QED) is 0.795. The molecule has 0 aliphatic carbocycles. The van der Waals surface area contributed by atoms with Gasteiger partial charge in [0.15, 0.2) is 4.34 Å². The average Bonchev–Trinajstić information content (AvgIpc) is 3.01. The molecule has 0 aliphatic heterocycles. The Labute approximate surface area is 133 Å². The van der Waals surface area contributed by atoms with Crippen molar-refractivity contribution in [1.29, 1.82) is 0 Å². The molecule has 1 N–H and O–H groups in total. The molecule has 0 saturated heterocycles. The molecular formula is C15H19N3OS2. The first-order valence-corrected chi connectivity index (χ1v) is 8.72. The molecule has 2 atom stereocenters. The number of nitrogens with one attached hydrogen (secondary N) is 1. The summed E-state index contributed by atoms with van der Waals surface area (Å²) >= 11 is 2.90. The van der Waals surface area contributed by atoms with E-state index in [2.05, 4.69) is 34.6 Å². The van der Waals surface area contributed by atoms with Crippen LogP contribution in [0.4, 0.5) is 0 Å². The molecule has 0 bridgehead atoms. The SMILES string of the molecule is CC[C@H](CNC(=O)[C@@H](C)Sc1nncs1)c1ccccc1. The first-order valence-electron chi connectivity index (χ1n) is 6.96. The van der Waals surface area contributed by atoms with Gasteiger partial charge in [0.25, 0.3) is 0 Å². The highest BCUT2D eigenvalue weighted by molar-refractivity contribution is 8.02. The number of nitrogens with zero attached hydrogens (tertiary/aromatic N) is 2. The second-order valence-corrected chi connectivity index (χ2v) is 7.15. The molecule has 2 aromatic rings. The average molecular weight is 321 g/mol. The summed E-state index contributed by atoms with van der Waals surface area (Å²) < 4.78 is 0.827. The Morgan fingerprint density at radius 1 is 1.38 bits per heavy atom. The van der Waals surface area contributed by atoms with Crippen molar-refractivity contribution >= 4 is 29.0 Å². The summed E-state index contributed by atoms with van der Waals surface area (Å²) in [6, 6.07) is 10.3. The maximum absolute atomic E-state index is 12.1. The van der Waals surface area contributed by atoms with Crippen molar-refractivity contribution < 1.29 is 4.79 Å². The summed E-state index contributed by atoms with van der Waals surface area (Å²) in [6.45, 7) is 4.70. The van der Waals surface area contributed by atoms with E-state index in [9.17, 15) is 4.79 Å². The molecule has 1 aromatic carbocycles. The van der Waals surface area contributed by atoms with Crippen LogP contribution in [0.2, 0.25) is 0 Å². The lowest BCUT2D eigenvalue weighted by atomic mass is 9.96. The summed E-state index contributed by atoms with van der Waals surface area (Å²) in [7, 11) is 0. The number of carbonyl (C=O) groups excluding carboxylic acids is 1. The molecule has 0 radical (unpaired) electrons. The van der Waals surface area contributed by atoms with Gasteiger partial charge in [-0.05, 0) is 18.9 Å². The zero-order valence-electron chi connectivity index (χ0n) is 12.2. The number of benzene rings is 1. The largest absolute Gasteiger partial charge is 0.355 e. The van der Waals surface area contributed by atoms with Gasteiger partial charge in [-0.15, -0.1) is 10.2 Å². The Morgan fingerprint density at radius 2 is 2.14 bits per heavy atom. The van der Waals surface area contributed by atoms with Crippen LogP contribution in [0, 0.1) is 0 Å². The third-order valence-electron chi connectivity index (χ3n) is 3.27. The van der Waals surface area contributed by atoms with E-state index in [1.165, 1.54) is 28.7 Å². The minimum Gasteiger partial charge on any atom is -0.355 e. The van der Waals surface area contributed by atoms with Crippen LogP contribution < -0.4 is 5.32 Å². The lowest BCUT2D eigenvalue weighted by Gasteiger charge is -2.17. The van der Waals surface area contributed by atoms with Crippen LogP contribution in [0.25, 0.3) is 0 Å². The molecule has 112 valence electrons. The van der Waals surface area contributed by atoms with Crippen molar-refractivity contribution in [2.75, 3.05) is 6.54 Å². The third-order valence-corrected chi connectivity index (χ3v) is 5.18. The normalized spacial score (nSPS) is 13.6. The fourth-order valence-corrected chi connectivity index (χ4v) is 3.66. The summed E-state index contributed by atoms with van der Waals surface area (Å²) in [4.78, 5) is 12.1. The van der Waals surface area contributed by atoms with Crippen LogP contribution in [-0.2, 0) is 4.79 Å². The van der Waals surface area contributed by atoms with Gasteiger partial charge >= 0.3 is 0 Å². The molecule has 1 heterocycles. The molecule has 0 fully saturated rings. The van der Waals surface area contributed by atoms with Crippen LogP contribution in [0.15, 0.2) is 40.2 Å². The first-order chi connectivity index (χ1) is 10.2. The van der Waals surface area contributed by atoms with Crippen LogP contribution in [0.5, 0.6) is 0 Å². The minimum absolute atomic E-state index is 0.0459. The van der Waals surface area contributed by atoms with Crippen molar-refractivity contribution in [2.45, 2.75) is 35.8 Å². The highest BCUT2D eigenvalue weighted by Gasteiger charge is 2.17. The molecular weight excluding hydrogens is 302 g/mol. The predicted molar refractivity (Wildman–Crippen MR) is 87.7 cm³/mol. The highest BCUT2D eigenvalue weighted by Crippen LogP contribution is 2.24. The number of amides is 1. The summed E-state index contributed by atoms with van der Waals surface area (Å²) in [5, 5.41) is 10.6. The van der Waals surface area contributed by atoms with Crippen molar-refractivity contribution in [2.24, 2.45) is 0 Å². The van der Waals surface area contributed by atoms with Gasteiger partial charge in [0.2, 0.25) is 5.91 Å². The van der Waals surface area contributed by atoms with E-state index in [0.29, 0.717) is 12.5 Å². The second kappa shape index (κ2) is 8.14. The molecule has 0 unspecified atom stereocenters. The van der Waals surface area contributed by atoms with Gasteiger partial charge in [-0.1, -0.05) is 60.4 Å². The first kappa shape index (κ1) is 16.0. The number of thioether (sulfide) groups is 1. The van der Waals surface area contributed by atoms with E-state index in [1.807, 2.05) is 25.1 Å². The van der Waals surface area contributed by atoms with E-state index in [1.54, 1.807) is 5.51 Å². The second-order valence-electron chi connectivity index (χ2n) is 4.73. The van der Waals surface area contributed by atoms with E-state index in [4.69, 9.17) is 0 Å². The molecule has 2 rings (SSSR count). The van der Waals surface area contributed by atoms with Crippen LogP contribution in [-0.4, -0.2) is 27.9 Å². The van der Waals surface area contributed by atoms with Gasteiger partial charge in [-0.3, -0.25) is 4.79 Å². The molecule has 21 heavy (non-hydrogen) atoms. The smallest absolute Gasteiger partial charge is 0.233 e. The summed E-state index contributed by atoms with van der Waals surface area (Å²) in [6.07, 6.45) is 1.00. The third kappa shape index (κ3) is 4.82. The predicted octanol–water partition coefficient (Wildman–Crippen LogP) is 3.33. The number of hydrogen-bond donors (Lipinski definition) is 1. The Bertz CT molecular complexity index is 545. The molecule has 0 saturated carbocycles. The number of carbonyl (C=O) groups is 1. The topological polar surface area (TPSA) is 54.9 Å². The van der Waals surface area contributed by atoms with Gasteiger partial charge in [0.1, 0.15) is 5.51 Å². The Morgan fingerprint density at radius 3 is 2.76 bits per heavy atom. The Kier molecular flexibility index (Phi) is 6.20. The van der Waals surface area contributed by atoms with E-state index < -0.39 is 0 Å². The van der Waals surface area contributed by atoms with Crippen LogP contribution >= 0.6 is 23.1 Å². The van der Waals surface area contributed by atoms with Crippen LogP contribution in [0.1, 0.15) is 31.7 Å². The minimum atomic E-state index is -0.161. The molecule has 1 amide bonds. The van der Waals surface area contributed by atoms with Gasteiger partial charge in [0, 0.05) is 12.5 Å². The standard InChI is InChI=1S/C15H19N3OS2/c1-3-12(13-7-5-4-6-8-13)9-16-14(19)11(2)21-15-18-17-10-20-15/h4-8,10-12H,3,9H2,1-2H3,(H,16,19)/t11-,12-/m1/s1. The van der Waals surface area contributed by atoms with Crippen molar-refractivity contribution in [1.82, 2.24) is 15.5 Å². The van der Waals surface area contributed by atoms with Gasteiger partial charge in [0.05, 0.1) is 5.25 Å². The fourth-order valence-electron chi connectivity index (χ4n) is 2.01. The highest BCUT2D eigenvalue weighted by atomic mass is 32.2. The zero-order valence-corrected chi connectivity index (χ0v) is 13.8. The van der Waals surface area contributed by atoms with Gasteiger partial charge in [-0.25, -0.2) is 0 Å². The van der Waals surface area contributed by atoms with Crippen molar-refractivity contribution in [3.05, 3.63) is 41.4 Å². The van der Waals surface area contributed by atoms with E-state index in [-0.39, 0.29) is 11.2 Å². The molecule has 0 aliphatic rings. The maximum Gasteiger partial charge on any atom is 0.233 e. The maximum atomic E-state index is 12.1. The number of hydrogen-bond acceptors (Lipinski definition) is 5. The fraction of sp³-hybridized carbons (Fsp3) is 0.400. The van der Waals surface area contributed by atoms with E-state index in [0.717, 1.165) is 10.8 Å². The molecule has 1 aromatic heterocycles. The molecule has 6 heteroatoms. The monoisotopic (exact) mass is 321 g/mol. The van der Waals surface area contributed by atoms with E-state index >= 15 is 0 Å². The summed E-state index contributed by atoms with van der Waals surface area (Å²) in [5.74, 6) is 0.401. The van der Waals surface area contributed by atoms with Crippen molar-refractivity contribution in [3.8, 4) is 0 Å². The Balaban J connectivity index is 1.84. The number of aromatic nitrogens is 2. The van der Waals surface area contributed by atoms with Crippen LogP contribution in [0.3, 0.4) is 0 Å². The lowest BCUT2D eigenvalue weighted by molar-refractivity contribution is -0.120. The van der Waals surface area contributed by atoms with Gasteiger partial charge < -0.3 is 5.32 Å². The molecule has 4 nitrogen and oxygen atoms in total.